The zero-order chi connectivity index (χ0) is 14.8. The van der Waals surface area contributed by atoms with Crippen LogP contribution in [-0.2, 0) is 11.3 Å². The molecule has 1 fully saturated rings. The Morgan fingerprint density at radius 1 is 1.24 bits per heavy atom. The Bertz CT molecular complexity index is 701. The molecule has 1 aliphatic rings. The summed E-state index contributed by atoms with van der Waals surface area (Å²) in [5.41, 5.74) is -0.0241. The Kier molecular flexibility index (Phi) is 3.84. The summed E-state index contributed by atoms with van der Waals surface area (Å²) >= 11 is 0. The van der Waals surface area contributed by atoms with Crippen LogP contribution in [0, 0.1) is 0 Å². The first-order chi connectivity index (χ1) is 10.2. The van der Waals surface area contributed by atoms with E-state index in [4.69, 9.17) is 14.2 Å². The van der Waals surface area contributed by atoms with Gasteiger partial charge in [-0.15, -0.1) is 0 Å². The number of aromatic nitrogens is 1. The smallest absolute Gasteiger partial charge is 0.258 e. The Morgan fingerprint density at radius 3 is 2.76 bits per heavy atom. The minimum atomic E-state index is -0.0241. The normalized spacial score (nSPS) is 18.1. The number of fused-ring (bicyclic) bond motifs is 1. The van der Waals surface area contributed by atoms with Crippen LogP contribution in [0.3, 0.4) is 0 Å². The number of hydrogen-bond acceptors (Lipinski definition) is 4. The maximum absolute atomic E-state index is 12.6. The summed E-state index contributed by atoms with van der Waals surface area (Å²) in [6.07, 6.45) is 4.02. The summed E-state index contributed by atoms with van der Waals surface area (Å²) in [5, 5.41) is 1.40. The van der Waals surface area contributed by atoms with Gasteiger partial charge in [-0.2, -0.15) is 0 Å². The monoisotopic (exact) mass is 289 g/mol. The van der Waals surface area contributed by atoms with Gasteiger partial charge in [0, 0.05) is 18.2 Å². The highest BCUT2D eigenvalue weighted by Crippen LogP contribution is 2.33. The van der Waals surface area contributed by atoms with E-state index < -0.39 is 0 Å². The molecule has 3 rings (SSSR count). The van der Waals surface area contributed by atoms with Crippen molar-refractivity contribution >= 4 is 10.8 Å². The third kappa shape index (κ3) is 2.49. The van der Waals surface area contributed by atoms with Crippen LogP contribution < -0.4 is 15.0 Å². The van der Waals surface area contributed by atoms with Crippen LogP contribution >= 0.6 is 0 Å². The van der Waals surface area contributed by atoms with E-state index in [1.165, 1.54) is 0 Å². The minimum Gasteiger partial charge on any atom is -0.493 e. The molecule has 0 bridgehead atoms. The van der Waals surface area contributed by atoms with Crippen LogP contribution in [0.15, 0.2) is 29.2 Å². The van der Waals surface area contributed by atoms with Crippen LogP contribution in [0.2, 0.25) is 0 Å². The number of hydrogen-bond donors (Lipinski definition) is 0. The summed E-state index contributed by atoms with van der Waals surface area (Å²) < 4.78 is 18.0. The first kappa shape index (κ1) is 13.9. The van der Waals surface area contributed by atoms with Crippen molar-refractivity contribution in [1.82, 2.24) is 4.57 Å². The van der Waals surface area contributed by atoms with Gasteiger partial charge >= 0.3 is 0 Å². The fourth-order valence-corrected chi connectivity index (χ4v) is 2.84. The minimum absolute atomic E-state index is 0.0241. The first-order valence-electron chi connectivity index (χ1n) is 7.10. The van der Waals surface area contributed by atoms with E-state index in [9.17, 15) is 4.79 Å². The molecule has 5 nitrogen and oxygen atoms in total. The molecule has 0 amide bonds. The second kappa shape index (κ2) is 5.77. The molecule has 2 heterocycles. The standard InChI is InChI=1S/C16H19NO4/c1-19-14-6-5-13-12(15(14)20-2)7-8-17(16(13)18)10-11-4-3-9-21-11/h5-8,11H,3-4,9-10H2,1-2H3. The van der Waals surface area contributed by atoms with Crippen molar-refractivity contribution in [3.63, 3.8) is 0 Å². The number of ether oxygens (including phenoxy) is 3. The van der Waals surface area contributed by atoms with Gasteiger partial charge in [0.05, 0.1) is 32.3 Å². The second-order valence-corrected chi connectivity index (χ2v) is 5.17. The Morgan fingerprint density at radius 2 is 2.10 bits per heavy atom. The molecule has 1 unspecified atom stereocenters. The lowest BCUT2D eigenvalue weighted by Crippen LogP contribution is -2.25. The van der Waals surface area contributed by atoms with Gasteiger partial charge in [-0.05, 0) is 31.0 Å². The molecule has 0 spiro atoms. The third-order valence-corrected chi connectivity index (χ3v) is 3.92. The van der Waals surface area contributed by atoms with Gasteiger partial charge in [-0.3, -0.25) is 4.79 Å². The lowest BCUT2D eigenvalue weighted by Gasteiger charge is -2.14. The predicted octanol–water partition coefficient (Wildman–Crippen LogP) is 2.20. The van der Waals surface area contributed by atoms with Crippen molar-refractivity contribution < 1.29 is 14.2 Å². The molecule has 0 N–H and O–H groups in total. The maximum Gasteiger partial charge on any atom is 0.258 e. The highest BCUT2D eigenvalue weighted by Gasteiger charge is 2.18. The molecule has 1 aliphatic heterocycles. The number of methoxy groups -OCH3 is 2. The Balaban J connectivity index is 2.06. The van der Waals surface area contributed by atoms with E-state index in [1.807, 2.05) is 6.07 Å². The first-order valence-corrected chi connectivity index (χ1v) is 7.10. The van der Waals surface area contributed by atoms with Crippen molar-refractivity contribution in [2.45, 2.75) is 25.5 Å². The predicted molar refractivity (Wildman–Crippen MR) is 80.3 cm³/mol. The van der Waals surface area contributed by atoms with E-state index in [0.717, 1.165) is 24.8 Å². The van der Waals surface area contributed by atoms with Crippen LogP contribution in [0.4, 0.5) is 0 Å². The number of benzene rings is 1. The zero-order valence-corrected chi connectivity index (χ0v) is 12.3. The summed E-state index contributed by atoms with van der Waals surface area (Å²) in [4.78, 5) is 12.6. The third-order valence-electron chi connectivity index (χ3n) is 3.92. The molecule has 2 aromatic rings. The van der Waals surface area contributed by atoms with E-state index in [1.54, 1.807) is 37.1 Å². The molecular weight excluding hydrogens is 270 g/mol. The van der Waals surface area contributed by atoms with E-state index in [0.29, 0.717) is 23.4 Å². The molecule has 0 aliphatic carbocycles. The maximum atomic E-state index is 12.6. The zero-order valence-electron chi connectivity index (χ0n) is 12.3. The molecule has 112 valence electrons. The fraction of sp³-hybridized carbons (Fsp3) is 0.438. The van der Waals surface area contributed by atoms with Gasteiger partial charge < -0.3 is 18.8 Å². The highest BCUT2D eigenvalue weighted by atomic mass is 16.5. The lowest BCUT2D eigenvalue weighted by atomic mass is 10.1. The van der Waals surface area contributed by atoms with Crippen molar-refractivity contribution in [1.29, 1.82) is 0 Å². The van der Waals surface area contributed by atoms with Crippen LogP contribution in [0.1, 0.15) is 12.8 Å². The summed E-state index contributed by atoms with van der Waals surface area (Å²) in [6, 6.07) is 5.44. The SMILES string of the molecule is COc1ccc2c(=O)n(CC3CCCO3)ccc2c1OC. The van der Waals surface area contributed by atoms with E-state index >= 15 is 0 Å². The number of nitrogens with zero attached hydrogens (tertiary/aromatic N) is 1. The van der Waals surface area contributed by atoms with E-state index in [2.05, 4.69) is 0 Å². The fourth-order valence-electron chi connectivity index (χ4n) is 2.84. The van der Waals surface area contributed by atoms with Gasteiger partial charge in [0.2, 0.25) is 0 Å². The van der Waals surface area contributed by atoms with Gasteiger partial charge in [-0.1, -0.05) is 0 Å². The molecule has 1 aromatic carbocycles. The summed E-state index contributed by atoms with van der Waals surface area (Å²) in [7, 11) is 3.16. The largest absolute Gasteiger partial charge is 0.493 e. The lowest BCUT2D eigenvalue weighted by molar-refractivity contribution is 0.0963. The van der Waals surface area contributed by atoms with Crippen molar-refractivity contribution in [2.24, 2.45) is 0 Å². The molecular formula is C16H19NO4. The van der Waals surface area contributed by atoms with Gasteiger partial charge in [0.25, 0.3) is 5.56 Å². The van der Waals surface area contributed by atoms with Crippen molar-refractivity contribution in [2.75, 3.05) is 20.8 Å². The average molecular weight is 289 g/mol. The summed E-state index contributed by atoms with van der Waals surface area (Å²) in [5.74, 6) is 1.22. The summed E-state index contributed by atoms with van der Waals surface area (Å²) in [6.45, 7) is 1.39. The molecule has 21 heavy (non-hydrogen) atoms. The highest BCUT2D eigenvalue weighted by molar-refractivity contribution is 5.90. The molecule has 0 saturated carbocycles. The quantitative estimate of drug-likeness (QED) is 0.866. The average Bonchev–Trinajstić information content (AvgIpc) is 3.02. The van der Waals surface area contributed by atoms with Gasteiger partial charge in [0.15, 0.2) is 11.5 Å². The molecule has 1 atom stereocenters. The van der Waals surface area contributed by atoms with Crippen LogP contribution in [0.25, 0.3) is 10.8 Å². The molecule has 0 radical (unpaired) electrons. The Labute approximate surface area is 123 Å². The van der Waals surface area contributed by atoms with Gasteiger partial charge in [-0.25, -0.2) is 0 Å². The van der Waals surface area contributed by atoms with Crippen LogP contribution in [-0.4, -0.2) is 31.5 Å². The molecule has 1 aromatic heterocycles. The number of pyridine rings is 1. The number of rotatable bonds is 4. The second-order valence-electron chi connectivity index (χ2n) is 5.17. The van der Waals surface area contributed by atoms with Crippen LogP contribution in [0.5, 0.6) is 11.5 Å². The molecule has 5 heteroatoms. The molecule has 1 saturated heterocycles. The Hall–Kier alpha value is -2.01. The topological polar surface area (TPSA) is 49.7 Å². The van der Waals surface area contributed by atoms with Crippen molar-refractivity contribution in [3.05, 3.63) is 34.7 Å². The van der Waals surface area contributed by atoms with E-state index in [-0.39, 0.29) is 11.7 Å². The van der Waals surface area contributed by atoms with Gasteiger partial charge in [0.1, 0.15) is 0 Å². The van der Waals surface area contributed by atoms with Crippen molar-refractivity contribution in [3.8, 4) is 11.5 Å².